The van der Waals surface area contributed by atoms with E-state index in [1.165, 1.54) is 25.5 Å². The number of nitrogens with one attached hydrogen (secondary N) is 1. The normalized spacial score (nSPS) is 16.7. The van der Waals surface area contributed by atoms with Gasteiger partial charge in [-0.1, -0.05) is 19.3 Å². The lowest BCUT2D eigenvalue weighted by atomic mass is 9.95. The molecule has 0 bridgehead atoms. The topological polar surface area (TPSA) is 81.8 Å². The Bertz CT molecular complexity index is 800. The van der Waals surface area contributed by atoms with E-state index in [4.69, 9.17) is 0 Å². The Morgan fingerprint density at radius 3 is 2.52 bits per heavy atom. The molecule has 0 amide bonds. The van der Waals surface area contributed by atoms with Gasteiger partial charge in [0.2, 0.25) is 0 Å². The maximum atomic E-state index is 12.5. The number of sulfonamides is 1. The molecule has 8 heteroatoms. The van der Waals surface area contributed by atoms with E-state index >= 15 is 0 Å². The summed E-state index contributed by atoms with van der Waals surface area (Å²) in [6, 6.07) is 2.17. The number of hydrogen-bond donors (Lipinski definition) is 1. The molecule has 0 atom stereocenters. The fourth-order valence-electron chi connectivity index (χ4n) is 3.17. The molecule has 0 radical (unpaired) electrons. The van der Waals surface area contributed by atoms with Crippen molar-refractivity contribution in [1.82, 2.24) is 19.6 Å². The molecule has 0 aromatic carbocycles. The van der Waals surface area contributed by atoms with Crippen LogP contribution in [0.3, 0.4) is 0 Å². The summed E-state index contributed by atoms with van der Waals surface area (Å²) >= 11 is 0. The number of aromatic nitrogens is 4. The smallest absolute Gasteiger partial charge is 0.266 e. The Kier molecular flexibility index (Phi) is 4.18. The van der Waals surface area contributed by atoms with Gasteiger partial charge in [0, 0.05) is 18.8 Å². The van der Waals surface area contributed by atoms with Crippen LogP contribution in [0.4, 0.5) is 5.82 Å². The summed E-state index contributed by atoms with van der Waals surface area (Å²) in [6.07, 6.45) is 7.27. The van der Waals surface area contributed by atoms with Gasteiger partial charge in [0.05, 0.1) is 17.9 Å². The predicted octanol–water partition coefficient (Wildman–Crippen LogP) is 2.54. The van der Waals surface area contributed by atoms with Crippen molar-refractivity contribution in [2.24, 2.45) is 7.05 Å². The molecular weight excluding hydrogens is 314 g/mol. The first-order valence-corrected chi connectivity index (χ1v) is 9.44. The van der Waals surface area contributed by atoms with Gasteiger partial charge in [-0.05, 0) is 26.7 Å². The van der Waals surface area contributed by atoms with Gasteiger partial charge < -0.3 is 0 Å². The van der Waals surface area contributed by atoms with E-state index in [1.54, 1.807) is 24.7 Å². The predicted molar refractivity (Wildman–Crippen MR) is 87.8 cm³/mol. The number of nitrogens with zero attached hydrogens (tertiary/aromatic N) is 4. The summed E-state index contributed by atoms with van der Waals surface area (Å²) < 4.78 is 31.1. The first kappa shape index (κ1) is 16.0. The van der Waals surface area contributed by atoms with Gasteiger partial charge >= 0.3 is 0 Å². The van der Waals surface area contributed by atoms with E-state index in [-0.39, 0.29) is 4.90 Å². The third kappa shape index (κ3) is 3.12. The Morgan fingerprint density at radius 2 is 1.91 bits per heavy atom. The van der Waals surface area contributed by atoms with E-state index < -0.39 is 10.0 Å². The molecule has 7 nitrogen and oxygen atoms in total. The molecule has 23 heavy (non-hydrogen) atoms. The van der Waals surface area contributed by atoms with Gasteiger partial charge in [0.25, 0.3) is 10.0 Å². The molecule has 2 heterocycles. The highest BCUT2D eigenvalue weighted by molar-refractivity contribution is 7.92. The van der Waals surface area contributed by atoms with Crippen molar-refractivity contribution in [3.63, 3.8) is 0 Å². The third-order valence-electron chi connectivity index (χ3n) is 4.56. The fourth-order valence-corrected chi connectivity index (χ4v) is 4.36. The van der Waals surface area contributed by atoms with Crippen LogP contribution in [-0.2, 0) is 17.1 Å². The fraction of sp³-hybridized carbons (Fsp3) is 0.600. The standard InChI is InChI=1S/C15H23N5O2S/c1-11-9-15(17-20(11)13-7-5-4-6-8-13)18-23(21,22)14-10-16-19(3)12(14)2/h9-10,13H,4-8H2,1-3H3,(H,17,18). The lowest BCUT2D eigenvalue weighted by molar-refractivity contribution is 0.325. The van der Waals surface area contributed by atoms with Gasteiger partial charge in [-0.25, -0.2) is 8.42 Å². The molecule has 0 unspecified atom stereocenters. The van der Waals surface area contributed by atoms with Gasteiger partial charge in [-0.15, -0.1) is 0 Å². The first-order valence-electron chi connectivity index (χ1n) is 7.96. The third-order valence-corrected chi connectivity index (χ3v) is 6.02. The average molecular weight is 337 g/mol. The minimum Gasteiger partial charge on any atom is -0.272 e. The van der Waals surface area contributed by atoms with Gasteiger partial charge in [-0.2, -0.15) is 10.2 Å². The number of anilines is 1. The maximum Gasteiger partial charge on any atom is 0.266 e. The highest BCUT2D eigenvalue weighted by Gasteiger charge is 2.23. The van der Waals surface area contributed by atoms with Crippen molar-refractivity contribution >= 4 is 15.8 Å². The molecule has 1 N–H and O–H groups in total. The van der Waals surface area contributed by atoms with E-state index in [2.05, 4.69) is 14.9 Å². The van der Waals surface area contributed by atoms with Crippen LogP contribution in [0.25, 0.3) is 0 Å². The molecule has 0 saturated heterocycles. The number of rotatable bonds is 4. The van der Waals surface area contributed by atoms with Crippen LogP contribution >= 0.6 is 0 Å². The lowest BCUT2D eigenvalue weighted by Crippen LogP contribution is -2.17. The number of aryl methyl sites for hydroxylation is 2. The van der Waals surface area contributed by atoms with Crippen LogP contribution in [0, 0.1) is 13.8 Å². The second kappa shape index (κ2) is 5.99. The maximum absolute atomic E-state index is 12.5. The van der Waals surface area contributed by atoms with Crippen LogP contribution in [0.15, 0.2) is 17.2 Å². The SMILES string of the molecule is Cc1c(S(=O)(=O)Nc2cc(C)n(C3CCCCC3)n2)cnn1C. The molecular formula is C15H23N5O2S. The minimum absolute atomic E-state index is 0.185. The first-order chi connectivity index (χ1) is 10.9. The Balaban J connectivity index is 1.84. The summed E-state index contributed by atoms with van der Waals surface area (Å²) in [5, 5.41) is 8.47. The lowest BCUT2D eigenvalue weighted by Gasteiger charge is -2.23. The van der Waals surface area contributed by atoms with Crippen molar-refractivity contribution < 1.29 is 8.42 Å². The van der Waals surface area contributed by atoms with Crippen molar-refractivity contribution in [2.45, 2.75) is 56.9 Å². The minimum atomic E-state index is -3.67. The zero-order chi connectivity index (χ0) is 16.6. The zero-order valence-corrected chi connectivity index (χ0v) is 14.6. The molecule has 2 aromatic heterocycles. The second-order valence-corrected chi connectivity index (χ2v) is 7.88. The average Bonchev–Trinajstić information content (AvgIpc) is 3.03. The summed E-state index contributed by atoms with van der Waals surface area (Å²) in [5.74, 6) is 0.372. The van der Waals surface area contributed by atoms with E-state index in [0.29, 0.717) is 17.6 Å². The Labute approximate surface area is 136 Å². The van der Waals surface area contributed by atoms with Gasteiger partial charge in [-0.3, -0.25) is 14.1 Å². The van der Waals surface area contributed by atoms with Gasteiger partial charge in [0.1, 0.15) is 4.90 Å². The van der Waals surface area contributed by atoms with Crippen LogP contribution < -0.4 is 4.72 Å². The highest BCUT2D eigenvalue weighted by Crippen LogP contribution is 2.30. The molecule has 3 rings (SSSR count). The van der Waals surface area contributed by atoms with Crippen molar-refractivity contribution in [2.75, 3.05) is 4.72 Å². The molecule has 1 saturated carbocycles. The summed E-state index contributed by atoms with van der Waals surface area (Å²) in [7, 11) is -1.95. The molecule has 1 fully saturated rings. The summed E-state index contributed by atoms with van der Waals surface area (Å²) in [4.78, 5) is 0.185. The van der Waals surface area contributed by atoms with Crippen LogP contribution in [0.5, 0.6) is 0 Å². The van der Waals surface area contributed by atoms with E-state index in [1.807, 2.05) is 11.6 Å². The van der Waals surface area contributed by atoms with Crippen molar-refractivity contribution in [1.29, 1.82) is 0 Å². The zero-order valence-electron chi connectivity index (χ0n) is 13.8. The molecule has 0 spiro atoms. The Hall–Kier alpha value is -1.83. The van der Waals surface area contributed by atoms with E-state index in [9.17, 15) is 8.42 Å². The van der Waals surface area contributed by atoms with Crippen molar-refractivity contribution in [3.8, 4) is 0 Å². The molecule has 2 aromatic rings. The van der Waals surface area contributed by atoms with Crippen molar-refractivity contribution in [3.05, 3.63) is 23.7 Å². The quantitative estimate of drug-likeness (QED) is 0.929. The second-order valence-electron chi connectivity index (χ2n) is 6.23. The van der Waals surface area contributed by atoms with Crippen LogP contribution in [0.2, 0.25) is 0 Å². The molecule has 126 valence electrons. The van der Waals surface area contributed by atoms with Crippen LogP contribution in [0.1, 0.15) is 49.5 Å². The molecule has 0 aliphatic heterocycles. The highest BCUT2D eigenvalue weighted by atomic mass is 32.2. The summed E-state index contributed by atoms with van der Waals surface area (Å²) in [5.41, 5.74) is 1.58. The monoisotopic (exact) mass is 337 g/mol. The molecule has 1 aliphatic carbocycles. The van der Waals surface area contributed by atoms with Crippen LogP contribution in [-0.4, -0.2) is 28.0 Å². The summed E-state index contributed by atoms with van der Waals surface area (Å²) in [6.45, 7) is 3.70. The van der Waals surface area contributed by atoms with E-state index in [0.717, 1.165) is 18.5 Å². The van der Waals surface area contributed by atoms with Gasteiger partial charge in [0.15, 0.2) is 5.82 Å². The Morgan fingerprint density at radius 1 is 1.22 bits per heavy atom. The number of hydrogen-bond acceptors (Lipinski definition) is 4. The molecule has 1 aliphatic rings. The largest absolute Gasteiger partial charge is 0.272 e.